The third-order valence-electron chi connectivity index (χ3n) is 4.24. The molecule has 0 atom stereocenters. The summed E-state index contributed by atoms with van der Waals surface area (Å²) in [6.45, 7) is 7.80. The highest BCUT2D eigenvalue weighted by Gasteiger charge is 2.27. The van der Waals surface area contributed by atoms with Crippen molar-refractivity contribution in [3.05, 3.63) is 58.4 Å². The molecular weight excluding hydrogens is 316 g/mol. The fraction of sp³-hybridized carbons (Fsp3) is 0.400. The molecule has 2 N–H and O–H groups in total. The van der Waals surface area contributed by atoms with Crippen LogP contribution in [0.1, 0.15) is 64.4 Å². The Morgan fingerprint density at radius 3 is 2.36 bits per heavy atom. The Kier molecular flexibility index (Phi) is 6.15. The number of ketones is 1. The number of nitrogens with one attached hydrogen (secondary N) is 1. The Balaban J connectivity index is 2.42. The first-order valence-electron chi connectivity index (χ1n) is 8.54. The first-order valence-corrected chi connectivity index (χ1v) is 8.54. The Hall–Kier alpha value is -2.40. The van der Waals surface area contributed by atoms with Gasteiger partial charge in [-0.2, -0.15) is 0 Å². The highest BCUT2D eigenvalue weighted by atomic mass is 16.3. The topological polar surface area (TPSA) is 73.4 Å². The van der Waals surface area contributed by atoms with Gasteiger partial charge in [0.1, 0.15) is 5.69 Å². The van der Waals surface area contributed by atoms with E-state index < -0.39 is 0 Å². The maximum Gasteiger partial charge on any atom is 0.270 e. The van der Waals surface area contributed by atoms with E-state index in [1.807, 2.05) is 51.1 Å². The maximum atomic E-state index is 13.1. The van der Waals surface area contributed by atoms with Crippen LogP contribution in [0.15, 0.2) is 30.3 Å². The third kappa shape index (κ3) is 4.17. The largest absolute Gasteiger partial charge is 0.395 e. The minimum Gasteiger partial charge on any atom is -0.395 e. The molecule has 1 amide bonds. The van der Waals surface area contributed by atoms with Crippen molar-refractivity contribution in [2.24, 2.45) is 0 Å². The Morgan fingerprint density at radius 2 is 1.84 bits per heavy atom. The summed E-state index contributed by atoms with van der Waals surface area (Å²) in [4.78, 5) is 29.9. The lowest BCUT2D eigenvalue weighted by molar-refractivity contribution is 0.0701. The molecule has 0 spiro atoms. The lowest BCUT2D eigenvalue weighted by Crippen LogP contribution is -2.34. The fourth-order valence-electron chi connectivity index (χ4n) is 3.18. The van der Waals surface area contributed by atoms with Crippen molar-refractivity contribution in [3.63, 3.8) is 0 Å². The molecule has 25 heavy (non-hydrogen) atoms. The number of benzene rings is 1. The van der Waals surface area contributed by atoms with Crippen molar-refractivity contribution < 1.29 is 14.7 Å². The molecule has 5 nitrogen and oxygen atoms in total. The number of amides is 1. The number of Topliss-reactive ketones (excluding diaryl/α,β-unsaturated/α-hetero) is 1. The number of hydrogen-bond donors (Lipinski definition) is 2. The van der Waals surface area contributed by atoms with Crippen molar-refractivity contribution in [3.8, 4) is 0 Å². The van der Waals surface area contributed by atoms with Gasteiger partial charge in [0.15, 0.2) is 5.78 Å². The Bertz CT molecular complexity index is 748. The molecule has 0 aliphatic rings. The van der Waals surface area contributed by atoms with Gasteiger partial charge in [0, 0.05) is 24.3 Å². The van der Waals surface area contributed by atoms with Crippen LogP contribution in [0.2, 0.25) is 0 Å². The van der Waals surface area contributed by atoms with E-state index in [-0.39, 0.29) is 30.8 Å². The predicted molar refractivity (Wildman–Crippen MR) is 97.9 cm³/mol. The monoisotopic (exact) mass is 342 g/mol. The minimum atomic E-state index is -0.197. The van der Waals surface area contributed by atoms with Crippen LogP contribution in [0.5, 0.6) is 0 Å². The van der Waals surface area contributed by atoms with Crippen molar-refractivity contribution >= 4 is 11.7 Å². The van der Waals surface area contributed by atoms with Gasteiger partial charge in [-0.15, -0.1) is 0 Å². The van der Waals surface area contributed by atoms with E-state index in [9.17, 15) is 14.7 Å². The van der Waals surface area contributed by atoms with Crippen LogP contribution >= 0.6 is 0 Å². The molecule has 0 bridgehead atoms. The van der Waals surface area contributed by atoms with E-state index in [1.54, 1.807) is 4.90 Å². The summed E-state index contributed by atoms with van der Waals surface area (Å²) in [6.07, 6.45) is 0. The van der Waals surface area contributed by atoms with Crippen LogP contribution in [0.25, 0.3) is 0 Å². The van der Waals surface area contributed by atoms with Crippen molar-refractivity contribution in [1.29, 1.82) is 0 Å². The van der Waals surface area contributed by atoms with Gasteiger partial charge in [0.2, 0.25) is 0 Å². The van der Waals surface area contributed by atoms with E-state index in [0.29, 0.717) is 23.5 Å². The lowest BCUT2D eigenvalue weighted by Gasteiger charge is -2.22. The highest BCUT2D eigenvalue weighted by Crippen LogP contribution is 2.28. The lowest BCUT2D eigenvalue weighted by atomic mass is 9.95. The van der Waals surface area contributed by atoms with Crippen molar-refractivity contribution in [1.82, 2.24) is 9.88 Å². The highest BCUT2D eigenvalue weighted by molar-refractivity contribution is 6.03. The SMILES string of the molecule is CC(=O)c1c(C)[nH]c(C(=O)N(CCO)Cc2ccccc2)c1C(C)C. The van der Waals surface area contributed by atoms with Crippen molar-refractivity contribution in [2.45, 2.75) is 40.2 Å². The van der Waals surface area contributed by atoms with Gasteiger partial charge >= 0.3 is 0 Å². The summed E-state index contributed by atoms with van der Waals surface area (Å²) < 4.78 is 0. The smallest absolute Gasteiger partial charge is 0.270 e. The number of rotatable bonds is 7. The first kappa shape index (κ1) is 18.9. The number of carbonyl (C=O) groups excluding carboxylic acids is 2. The molecule has 5 heteroatoms. The standard InChI is InChI=1S/C20H26N2O3/c1-13(2)17-18(15(4)24)14(3)21-19(17)20(25)22(10-11-23)12-16-8-6-5-7-9-16/h5-9,13,21,23H,10-12H2,1-4H3. The van der Waals surface area contributed by atoms with Gasteiger partial charge < -0.3 is 15.0 Å². The average molecular weight is 342 g/mol. The maximum absolute atomic E-state index is 13.1. The summed E-state index contributed by atoms with van der Waals surface area (Å²) in [5.41, 5.74) is 3.50. The molecule has 0 aliphatic heterocycles. The number of H-pyrrole nitrogens is 1. The Morgan fingerprint density at radius 1 is 1.20 bits per heavy atom. The zero-order valence-electron chi connectivity index (χ0n) is 15.3. The molecule has 2 aromatic rings. The fourth-order valence-corrected chi connectivity index (χ4v) is 3.18. The number of aromatic amines is 1. The number of aryl methyl sites for hydroxylation is 1. The molecule has 0 saturated carbocycles. The van der Waals surface area contributed by atoms with Crippen LogP contribution in [0, 0.1) is 6.92 Å². The number of aromatic nitrogens is 1. The second-order valence-corrected chi connectivity index (χ2v) is 6.56. The van der Waals surface area contributed by atoms with Gasteiger partial charge in [-0.25, -0.2) is 0 Å². The second-order valence-electron chi connectivity index (χ2n) is 6.56. The quantitative estimate of drug-likeness (QED) is 0.758. The van der Waals surface area contributed by atoms with Crippen LogP contribution < -0.4 is 0 Å². The van der Waals surface area contributed by atoms with Crippen molar-refractivity contribution in [2.75, 3.05) is 13.2 Å². The molecule has 1 aromatic carbocycles. The normalized spacial score (nSPS) is 11.0. The Labute approximate surface area is 148 Å². The molecule has 134 valence electrons. The zero-order valence-corrected chi connectivity index (χ0v) is 15.3. The summed E-state index contributed by atoms with van der Waals surface area (Å²) in [7, 11) is 0. The second kappa shape index (κ2) is 8.12. The predicted octanol–water partition coefficient (Wildman–Crippen LogP) is 3.28. The number of carbonyl (C=O) groups is 2. The third-order valence-corrected chi connectivity index (χ3v) is 4.24. The van der Waals surface area contributed by atoms with Crippen LogP contribution in [-0.2, 0) is 6.54 Å². The molecule has 2 rings (SSSR count). The zero-order chi connectivity index (χ0) is 18.6. The number of aliphatic hydroxyl groups is 1. The van der Waals surface area contributed by atoms with E-state index in [2.05, 4.69) is 4.98 Å². The molecule has 0 radical (unpaired) electrons. The number of aliphatic hydroxyl groups excluding tert-OH is 1. The molecular formula is C20H26N2O3. The average Bonchev–Trinajstić information content (AvgIpc) is 2.92. The summed E-state index contributed by atoms with van der Waals surface area (Å²) >= 11 is 0. The van der Waals surface area contributed by atoms with E-state index in [4.69, 9.17) is 0 Å². The minimum absolute atomic E-state index is 0.0375. The molecule has 0 fully saturated rings. The first-order chi connectivity index (χ1) is 11.9. The van der Waals surface area contributed by atoms with Gasteiger partial charge in [-0.05, 0) is 30.9 Å². The van der Waals surface area contributed by atoms with Gasteiger partial charge in [0.25, 0.3) is 5.91 Å². The van der Waals surface area contributed by atoms with Gasteiger partial charge in [-0.3, -0.25) is 9.59 Å². The summed E-state index contributed by atoms with van der Waals surface area (Å²) in [5, 5.41) is 9.38. The van der Waals surface area contributed by atoms with E-state index >= 15 is 0 Å². The van der Waals surface area contributed by atoms with E-state index in [1.165, 1.54) is 6.92 Å². The molecule has 0 aliphatic carbocycles. The molecule has 0 unspecified atom stereocenters. The number of nitrogens with zero attached hydrogens (tertiary/aromatic N) is 1. The molecule has 0 saturated heterocycles. The number of hydrogen-bond acceptors (Lipinski definition) is 3. The summed E-state index contributed by atoms with van der Waals surface area (Å²) in [5.74, 6) is -0.207. The van der Waals surface area contributed by atoms with Gasteiger partial charge in [0.05, 0.1) is 6.61 Å². The summed E-state index contributed by atoms with van der Waals surface area (Å²) in [6, 6.07) is 9.65. The van der Waals surface area contributed by atoms with Gasteiger partial charge in [-0.1, -0.05) is 44.2 Å². The van der Waals surface area contributed by atoms with Crippen LogP contribution in [0.3, 0.4) is 0 Å². The molecule has 1 heterocycles. The van der Waals surface area contributed by atoms with E-state index in [0.717, 1.165) is 11.1 Å². The van der Waals surface area contributed by atoms with Crippen LogP contribution in [0.4, 0.5) is 0 Å². The molecule has 1 aromatic heterocycles. The van der Waals surface area contributed by atoms with Crippen LogP contribution in [-0.4, -0.2) is 39.8 Å².